The lowest BCUT2D eigenvalue weighted by Gasteiger charge is -2.39. The van der Waals surface area contributed by atoms with Crippen molar-refractivity contribution in [3.63, 3.8) is 0 Å². The number of H-pyrrole nitrogens is 1. The van der Waals surface area contributed by atoms with Crippen molar-refractivity contribution in [2.45, 2.75) is 32.1 Å². The van der Waals surface area contributed by atoms with Gasteiger partial charge in [0.2, 0.25) is 0 Å². The van der Waals surface area contributed by atoms with Crippen molar-refractivity contribution in [2.24, 2.45) is 4.99 Å². The molecule has 1 aromatic rings. The van der Waals surface area contributed by atoms with Crippen molar-refractivity contribution in [3.8, 4) is 0 Å². The fourth-order valence-electron chi connectivity index (χ4n) is 2.26. The van der Waals surface area contributed by atoms with E-state index < -0.39 is 0 Å². The fraction of sp³-hybridized carbons (Fsp3) is 0.692. The molecule has 20 heavy (non-hydrogen) atoms. The van der Waals surface area contributed by atoms with Crippen LogP contribution in [0.2, 0.25) is 0 Å². The molecule has 2 rings (SSSR count). The molecule has 0 saturated carbocycles. The SMILES string of the molecule is CN=C(NCc1cn[nH]c1C)N1CCSC(C)(C)C1.I. The normalized spacial score (nSPS) is 18.6. The van der Waals surface area contributed by atoms with Crippen molar-refractivity contribution in [1.29, 1.82) is 0 Å². The van der Waals surface area contributed by atoms with E-state index in [-0.39, 0.29) is 24.0 Å². The summed E-state index contributed by atoms with van der Waals surface area (Å²) in [5.74, 6) is 2.13. The summed E-state index contributed by atoms with van der Waals surface area (Å²) in [6, 6.07) is 0. The highest BCUT2D eigenvalue weighted by molar-refractivity contribution is 14.0. The van der Waals surface area contributed by atoms with Gasteiger partial charge in [0.1, 0.15) is 0 Å². The van der Waals surface area contributed by atoms with Crippen molar-refractivity contribution >= 4 is 41.7 Å². The second kappa shape index (κ2) is 7.53. The van der Waals surface area contributed by atoms with Crippen LogP contribution in [0.25, 0.3) is 0 Å². The first-order valence-corrected chi connectivity index (χ1v) is 7.59. The van der Waals surface area contributed by atoms with Gasteiger partial charge in [-0.05, 0) is 20.8 Å². The molecule has 7 heteroatoms. The van der Waals surface area contributed by atoms with Gasteiger partial charge >= 0.3 is 0 Å². The summed E-state index contributed by atoms with van der Waals surface area (Å²) in [5, 5.41) is 10.4. The van der Waals surface area contributed by atoms with Gasteiger partial charge in [-0.1, -0.05) is 0 Å². The van der Waals surface area contributed by atoms with Crippen molar-refractivity contribution in [2.75, 3.05) is 25.9 Å². The van der Waals surface area contributed by atoms with E-state index in [1.54, 1.807) is 0 Å². The molecule has 0 amide bonds. The van der Waals surface area contributed by atoms with Gasteiger partial charge in [-0.25, -0.2) is 0 Å². The van der Waals surface area contributed by atoms with Crippen LogP contribution < -0.4 is 5.32 Å². The standard InChI is InChI=1S/C13H23N5S.HI/c1-10-11(8-16-17-10)7-15-12(14-4)18-5-6-19-13(2,3)9-18;/h8H,5-7,9H2,1-4H3,(H,14,15)(H,16,17);1H. The monoisotopic (exact) mass is 409 g/mol. The third kappa shape index (κ3) is 4.54. The van der Waals surface area contributed by atoms with E-state index in [0.29, 0.717) is 4.75 Å². The highest BCUT2D eigenvalue weighted by atomic mass is 127. The van der Waals surface area contributed by atoms with E-state index in [2.05, 4.69) is 39.3 Å². The number of nitrogens with zero attached hydrogens (tertiary/aromatic N) is 3. The topological polar surface area (TPSA) is 56.3 Å². The molecule has 0 aromatic carbocycles. The van der Waals surface area contributed by atoms with Crippen LogP contribution in [-0.2, 0) is 6.54 Å². The van der Waals surface area contributed by atoms with E-state index in [0.717, 1.165) is 37.0 Å². The van der Waals surface area contributed by atoms with Crippen LogP contribution >= 0.6 is 35.7 Å². The Morgan fingerprint density at radius 1 is 1.60 bits per heavy atom. The molecule has 1 saturated heterocycles. The third-order valence-electron chi connectivity index (χ3n) is 3.31. The second-order valence-electron chi connectivity index (χ2n) is 5.45. The number of rotatable bonds is 2. The predicted octanol–water partition coefficient (Wildman–Crippen LogP) is 2.24. The quantitative estimate of drug-likeness (QED) is 0.447. The molecule has 114 valence electrons. The summed E-state index contributed by atoms with van der Waals surface area (Å²) < 4.78 is 0.293. The van der Waals surface area contributed by atoms with E-state index >= 15 is 0 Å². The average Bonchev–Trinajstić information content (AvgIpc) is 2.75. The largest absolute Gasteiger partial charge is 0.352 e. The van der Waals surface area contributed by atoms with Crippen molar-refractivity contribution in [1.82, 2.24) is 20.4 Å². The maximum absolute atomic E-state index is 4.40. The zero-order valence-corrected chi connectivity index (χ0v) is 15.7. The molecule has 0 atom stereocenters. The van der Waals surface area contributed by atoms with E-state index in [4.69, 9.17) is 0 Å². The first-order chi connectivity index (χ1) is 9.02. The molecular weight excluding hydrogens is 385 g/mol. The van der Waals surface area contributed by atoms with Crippen LogP contribution in [0.15, 0.2) is 11.2 Å². The maximum Gasteiger partial charge on any atom is 0.193 e. The van der Waals surface area contributed by atoms with E-state index in [9.17, 15) is 0 Å². The van der Waals surface area contributed by atoms with Crippen LogP contribution in [0.3, 0.4) is 0 Å². The van der Waals surface area contributed by atoms with E-state index in [1.165, 1.54) is 5.56 Å². The van der Waals surface area contributed by atoms with Gasteiger partial charge in [0.05, 0.1) is 6.20 Å². The molecule has 2 N–H and O–H groups in total. The number of aromatic nitrogens is 2. The third-order valence-corrected chi connectivity index (χ3v) is 4.61. The van der Waals surface area contributed by atoms with Gasteiger partial charge in [-0.3, -0.25) is 10.1 Å². The Kier molecular flexibility index (Phi) is 6.63. The number of thioether (sulfide) groups is 1. The molecule has 1 aliphatic heterocycles. The van der Waals surface area contributed by atoms with Crippen LogP contribution in [0, 0.1) is 6.92 Å². The number of guanidine groups is 1. The molecular formula is C13H24IN5S. The number of hydrogen-bond acceptors (Lipinski definition) is 3. The van der Waals surface area contributed by atoms with Crippen LogP contribution in [0.1, 0.15) is 25.1 Å². The predicted molar refractivity (Wildman–Crippen MR) is 97.0 cm³/mol. The molecule has 1 aliphatic rings. The van der Waals surface area contributed by atoms with Gasteiger partial charge in [-0.15, -0.1) is 24.0 Å². The summed E-state index contributed by atoms with van der Waals surface area (Å²) >= 11 is 2.03. The van der Waals surface area contributed by atoms with Gasteiger partial charge in [0.25, 0.3) is 0 Å². The Morgan fingerprint density at radius 2 is 2.35 bits per heavy atom. The van der Waals surface area contributed by atoms with Gasteiger partial charge in [0.15, 0.2) is 5.96 Å². The summed E-state index contributed by atoms with van der Waals surface area (Å²) in [7, 11) is 1.85. The summed E-state index contributed by atoms with van der Waals surface area (Å²) in [6.45, 7) is 9.46. The zero-order valence-electron chi connectivity index (χ0n) is 12.6. The summed E-state index contributed by atoms with van der Waals surface area (Å²) in [5.41, 5.74) is 2.30. The smallest absolute Gasteiger partial charge is 0.193 e. The molecule has 2 heterocycles. The number of aliphatic imine (C=N–C) groups is 1. The Labute approximate surface area is 142 Å². The number of nitrogens with one attached hydrogen (secondary N) is 2. The van der Waals surface area contributed by atoms with Gasteiger partial charge in [0, 0.05) is 48.4 Å². The molecule has 0 bridgehead atoms. The molecule has 0 aliphatic carbocycles. The lowest BCUT2D eigenvalue weighted by molar-refractivity contribution is 0.375. The minimum Gasteiger partial charge on any atom is -0.352 e. The maximum atomic E-state index is 4.40. The summed E-state index contributed by atoms with van der Waals surface area (Å²) in [4.78, 5) is 6.74. The Morgan fingerprint density at radius 3 is 2.90 bits per heavy atom. The second-order valence-corrected chi connectivity index (χ2v) is 7.25. The number of aryl methyl sites for hydroxylation is 1. The average molecular weight is 409 g/mol. The van der Waals surface area contributed by atoms with Crippen molar-refractivity contribution < 1.29 is 0 Å². The minimum absolute atomic E-state index is 0. The highest BCUT2D eigenvalue weighted by Crippen LogP contribution is 2.29. The fourth-order valence-corrected chi connectivity index (χ4v) is 3.37. The Bertz CT molecular complexity index is 457. The van der Waals surface area contributed by atoms with Crippen LogP contribution in [0.4, 0.5) is 0 Å². The molecule has 0 radical (unpaired) electrons. The molecule has 1 fully saturated rings. The first kappa shape index (κ1) is 17.6. The number of halogens is 1. The van der Waals surface area contributed by atoms with Gasteiger partial charge < -0.3 is 10.2 Å². The zero-order chi connectivity index (χ0) is 13.9. The van der Waals surface area contributed by atoms with E-state index in [1.807, 2.05) is 31.9 Å². The minimum atomic E-state index is 0. The first-order valence-electron chi connectivity index (χ1n) is 6.60. The van der Waals surface area contributed by atoms with Crippen molar-refractivity contribution in [3.05, 3.63) is 17.5 Å². The molecule has 0 unspecified atom stereocenters. The lowest BCUT2D eigenvalue weighted by atomic mass is 10.2. The molecule has 0 spiro atoms. The Balaban J connectivity index is 0.00000200. The van der Waals surface area contributed by atoms with Crippen LogP contribution in [0.5, 0.6) is 0 Å². The number of aromatic amines is 1. The lowest BCUT2D eigenvalue weighted by Crippen LogP contribution is -2.50. The molecule has 1 aromatic heterocycles. The van der Waals surface area contributed by atoms with Crippen LogP contribution in [-0.4, -0.2) is 51.7 Å². The highest BCUT2D eigenvalue weighted by Gasteiger charge is 2.28. The van der Waals surface area contributed by atoms with Gasteiger partial charge in [-0.2, -0.15) is 16.9 Å². The number of hydrogen-bond donors (Lipinski definition) is 2. The molecule has 5 nitrogen and oxygen atoms in total. The summed E-state index contributed by atoms with van der Waals surface area (Å²) in [6.07, 6.45) is 1.87. The Hall–Kier alpha value is -0.440.